The highest BCUT2D eigenvalue weighted by Gasteiger charge is 2.36. The summed E-state index contributed by atoms with van der Waals surface area (Å²) in [7, 11) is 0. The number of likely N-dealkylation sites (tertiary alicyclic amines) is 1. The van der Waals surface area contributed by atoms with E-state index in [1.54, 1.807) is 0 Å². The topological polar surface area (TPSA) is 59.2 Å². The van der Waals surface area contributed by atoms with Gasteiger partial charge in [0.25, 0.3) is 0 Å². The van der Waals surface area contributed by atoms with E-state index in [0.29, 0.717) is 30.1 Å². The molecule has 1 saturated heterocycles. The number of carbonyl (C=O) groups excluding carboxylic acids is 1. The summed E-state index contributed by atoms with van der Waals surface area (Å²) in [5.74, 6) is -0.663. The van der Waals surface area contributed by atoms with Gasteiger partial charge in [-0.3, -0.25) is 4.79 Å². The number of rotatable bonds is 4. The summed E-state index contributed by atoms with van der Waals surface area (Å²) >= 11 is 0. The molecule has 4 rings (SSSR count). The third-order valence-corrected chi connectivity index (χ3v) is 4.95. The zero-order valence-corrected chi connectivity index (χ0v) is 15.6. The highest BCUT2D eigenvalue weighted by molar-refractivity contribution is 5.78. The van der Waals surface area contributed by atoms with E-state index in [0.717, 1.165) is 22.8 Å². The third kappa shape index (κ3) is 3.52. The largest absolute Gasteiger partial charge is 0.337 e. The first-order valence-electron chi connectivity index (χ1n) is 9.06. The lowest BCUT2D eigenvalue weighted by atomic mass is 10.1. The summed E-state index contributed by atoms with van der Waals surface area (Å²) in [5, 5.41) is 4.07. The van der Waals surface area contributed by atoms with E-state index >= 15 is 0 Å². The Balaban J connectivity index is 1.61. The van der Waals surface area contributed by atoms with Gasteiger partial charge < -0.3 is 9.42 Å². The summed E-state index contributed by atoms with van der Waals surface area (Å²) in [5.41, 5.74) is 3.41. The van der Waals surface area contributed by atoms with Crippen molar-refractivity contribution >= 4 is 5.91 Å². The summed E-state index contributed by atoms with van der Waals surface area (Å²) in [6.07, 6.45) is 0.842. The second-order valence-electron chi connectivity index (χ2n) is 7.13. The van der Waals surface area contributed by atoms with Crippen LogP contribution in [-0.2, 0) is 11.3 Å². The maximum Gasteiger partial charge on any atom is 0.249 e. The van der Waals surface area contributed by atoms with E-state index < -0.39 is 17.7 Å². The minimum Gasteiger partial charge on any atom is -0.337 e. The monoisotopic (exact) mass is 383 g/mol. The van der Waals surface area contributed by atoms with Gasteiger partial charge in [-0.1, -0.05) is 28.9 Å². The lowest BCUT2D eigenvalue weighted by molar-refractivity contribution is -0.130. The predicted octanol–water partition coefficient (Wildman–Crippen LogP) is 4.50. The van der Waals surface area contributed by atoms with Gasteiger partial charge in [-0.2, -0.15) is 4.98 Å². The number of benzene rings is 2. The fourth-order valence-corrected chi connectivity index (χ4v) is 3.63. The molecule has 0 N–H and O–H groups in total. The summed E-state index contributed by atoms with van der Waals surface area (Å²) in [4.78, 5) is 18.4. The molecule has 0 aliphatic carbocycles. The van der Waals surface area contributed by atoms with Crippen molar-refractivity contribution in [3.05, 3.63) is 70.6 Å². The maximum absolute atomic E-state index is 13.5. The van der Waals surface area contributed by atoms with Crippen molar-refractivity contribution in [1.82, 2.24) is 15.0 Å². The standard InChI is InChI=1S/C21H19F2N3O2/c1-12-3-4-17(13(2)7-12)20-24-21(28-25-20)18-5-6-19(27)26(18)11-14-8-15(22)10-16(23)9-14/h3-4,7-10,18H,5-6,11H2,1-2H3. The molecular formula is C21H19F2N3O2. The number of aryl methyl sites for hydroxylation is 2. The van der Waals surface area contributed by atoms with E-state index in [9.17, 15) is 13.6 Å². The van der Waals surface area contributed by atoms with Crippen LogP contribution in [0.4, 0.5) is 8.78 Å². The Hall–Kier alpha value is -3.09. The normalized spacial score (nSPS) is 16.8. The number of carbonyl (C=O) groups is 1. The molecule has 0 saturated carbocycles. The highest BCUT2D eigenvalue weighted by atomic mass is 19.1. The molecule has 144 valence electrons. The Morgan fingerprint density at radius 2 is 1.89 bits per heavy atom. The lowest BCUT2D eigenvalue weighted by Crippen LogP contribution is -2.27. The van der Waals surface area contributed by atoms with Crippen LogP contribution in [0.5, 0.6) is 0 Å². The Labute approximate surface area is 161 Å². The molecule has 7 heteroatoms. The molecule has 5 nitrogen and oxygen atoms in total. The van der Waals surface area contributed by atoms with Crippen molar-refractivity contribution in [2.75, 3.05) is 0 Å². The smallest absolute Gasteiger partial charge is 0.249 e. The lowest BCUT2D eigenvalue weighted by Gasteiger charge is -2.22. The van der Waals surface area contributed by atoms with Gasteiger partial charge in [-0.05, 0) is 43.5 Å². The summed E-state index contributed by atoms with van der Waals surface area (Å²) < 4.78 is 32.4. The number of halogens is 2. The van der Waals surface area contributed by atoms with Crippen molar-refractivity contribution in [2.24, 2.45) is 0 Å². The van der Waals surface area contributed by atoms with Crippen molar-refractivity contribution in [1.29, 1.82) is 0 Å². The van der Waals surface area contributed by atoms with Crippen LogP contribution in [0.1, 0.15) is 41.5 Å². The fraction of sp³-hybridized carbons (Fsp3) is 0.286. The molecule has 1 aliphatic rings. The summed E-state index contributed by atoms with van der Waals surface area (Å²) in [6.45, 7) is 4.07. The van der Waals surface area contributed by atoms with E-state index in [-0.39, 0.29) is 12.5 Å². The molecule has 1 aliphatic heterocycles. The molecule has 0 bridgehead atoms. The number of hydrogen-bond donors (Lipinski definition) is 0. The molecule has 1 unspecified atom stereocenters. The van der Waals surface area contributed by atoms with Crippen LogP contribution >= 0.6 is 0 Å². The van der Waals surface area contributed by atoms with Crippen LogP contribution in [0, 0.1) is 25.5 Å². The third-order valence-electron chi connectivity index (χ3n) is 4.95. The van der Waals surface area contributed by atoms with Gasteiger partial charge >= 0.3 is 0 Å². The van der Waals surface area contributed by atoms with E-state index in [2.05, 4.69) is 10.1 Å². The van der Waals surface area contributed by atoms with E-state index in [1.807, 2.05) is 32.0 Å². The summed E-state index contributed by atoms with van der Waals surface area (Å²) in [6, 6.07) is 8.79. The Kier molecular flexibility index (Phi) is 4.66. The molecule has 2 heterocycles. The number of hydrogen-bond acceptors (Lipinski definition) is 4. The van der Waals surface area contributed by atoms with Crippen molar-refractivity contribution in [3.8, 4) is 11.4 Å². The van der Waals surface area contributed by atoms with Gasteiger partial charge in [0.2, 0.25) is 17.6 Å². The maximum atomic E-state index is 13.5. The van der Waals surface area contributed by atoms with Crippen LogP contribution in [-0.4, -0.2) is 20.9 Å². The van der Waals surface area contributed by atoms with Gasteiger partial charge in [0.15, 0.2) is 0 Å². The molecule has 0 radical (unpaired) electrons. The molecular weight excluding hydrogens is 364 g/mol. The second-order valence-corrected chi connectivity index (χ2v) is 7.13. The van der Waals surface area contributed by atoms with Crippen molar-refractivity contribution in [3.63, 3.8) is 0 Å². The first-order valence-corrected chi connectivity index (χ1v) is 9.06. The molecule has 2 aromatic carbocycles. The molecule has 3 aromatic rings. The quantitative estimate of drug-likeness (QED) is 0.666. The molecule has 0 spiro atoms. The van der Waals surface area contributed by atoms with Gasteiger partial charge in [-0.25, -0.2) is 8.78 Å². The number of nitrogens with zero attached hydrogens (tertiary/aromatic N) is 3. The Morgan fingerprint density at radius 3 is 2.61 bits per heavy atom. The average Bonchev–Trinajstić information content (AvgIpc) is 3.22. The number of aromatic nitrogens is 2. The molecule has 28 heavy (non-hydrogen) atoms. The van der Waals surface area contributed by atoms with Crippen LogP contribution in [0.25, 0.3) is 11.4 Å². The first kappa shape index (κ1) is 18.3. The van der Waals surface area contributed by atoms with Crippen LogP contribution in [0.2, 0.25) is 0 Å². The molecule has 1 amide bonds. The Morgan fingerprint density at radius 1 is 1.14 bits per heavy atom. The van der Waals surface area contributed by atoms with Gasteiger partial charge in [-0.15, -0.1) is 0 Å². The van der Waals surface area contributed by atoms with Gasteiger partial charge in [0.1, 0.15) is 17.7 Å². The minimum absolute atomic E-state index is 0.0828. The zero-order valence-electron chi connectivity index (χ0n) is 15.6. The van der Waals surface area contributed by atoms with Gasteiger partial charge in [0, 0.05) is 24.6 Å². The van der Waals surface area contributed by atoms with Gasteiger partial charge in [0.05, 0.1) is 0 Å². The van der Waals surface area contributed by atoms with E-state index in [4.69, 9.17) is 4.52 Å². The SMILES string of the molecule is Cc1ccc(-c2noc(C3CCC(=O)N3Cc3cc(F)cc(F)c3)n2)c(C)c1. The second kappa shape index (κ2) is 7.14. The van der Waals surface area contributed by atoms with Crippen LogP contribution < -0.4 is 0 Å². The number of amides is 1. The highest BCUT2D eigenvalue weighted by Crippen LogP contribution is 2.34. The average molecular weight is 383 g/mol. The molecule has 1 fully saturated rings. The van der Waals surface area contributed by atoms with Crippen LogP contribution in [0.3, 0.4) is 0 Å². The first-order chi connectivity index (χ1) is 13.4. The minimum atomic E-state index is -0.673. The predicted molar refractivity (Wildman–Crippen MR) is 98.1 cm³/mol. The molecule has 1 aromatic heterocycles. The Bertz CT molecular complexity index is 1030. The molecule has 1 atom stereocenters. The van der Waals surface area contributed by atoms with Crippen molar-refractivity contribution in [2.45, 2.75) is 39.3 Å². The van der Waals surface area contributed by atoms with Crippen molar-refractivity contribution < 1.29 is 18.1 Å². The van der Waals surface area contributed by atoms with E-state index in [1.165, 1.54) is 17.0 Å². The fourth-order valence-electron chi connectivity index (χ4n) is 3.63. The zero-order chi connectivity index (χ0) is 19.8. The van der Waals surface area contributed by atoms with Crippen LogP contribution in [0.15, 0.2) is 40.9 Å².